The van der Waals surface area contributed by atoms with Crippen LogP contribution in [0.3, 0.4) is 0 Å². The molecule has 6 nitrogen and oxygen atoms in total. The maximum Gasteiger partial charge on any atom is 0.226 e. The van der Waals surface area contributed by atoms with Gasteiger partial charge >= 0.3 is 0 Å². The summed E-state index contributed by atoms with van der Waals surface area (Å²) >= 11 is 0. The van der Waals surface area contributed by atoms with Gasteiger partial charge in [-0.05, 0) is 63.7 Å². The van der Waals surface area contributed by atoms with E-state index < -0.39 is 0 Å². The molecule has 3 aliphatic heterocycles. The first-order valence-corrected chi connectivity index (χ1v) is 11.7. The molecule has 4 rings (SSSR count). The SMILES string of the molecule is O=C(CCOc1ccccc1)N1CCC(C(=O)N2CCCC2CN2CCCC2)CC1. The van der Waals surface area contributed by atoms with Gasteiger partial charge in [-0.25, -0.2) is 0 Å². The number of ether oxygens (including phenoxy) is 1. The largest absolute Gasteiger partial charge is 0.493 e. The second kappa shape index (κ2) is 10.3. The van der Waals surface area contributed by atoms with E-state index in [2.05, 4.69) is 9.80 Å². The molecule has 3 heterocycles. The molecule has 0 spiro atoms. The van der Waals surface area contributed by atoms with Crippen molar-refractivity contribution in [2.24, 2.45) is 5.92 Å². The summed E-state index contributed by atoms with van der Waals surface area (Å²) in [6.45, 7) is 6.10. The van der Waals surface area contributed by atoms with E-state index in [0.717, 1.165) is 44.5 Å². The molecule has 0 N–H and O–H groups in total. The predicted octanol–water partition coefficient (Wildman–Crippen LogP) is 2.78. The number of likely N-dealkylation sites (tertiary alicyclic amines) is 3. The van der Waals surface area contributed by atoms with Gasteiger partial charge in [-0.15, -0.1) is 0 Å². The van der Waals surface area contributed by atoms with E-state index in [-0.39, 0.29) is 11.8 Å². The van der Waals surface area contributed by atoms with E-state index in [9.17, 15) is 9.59 Å². The van der Waals surface area contributed by atoms with E-state index in [1.54, 1.807) is 0 Å². The number of hydrogen-bond donors (Lipinski definition) is 0. The molecule has 0 aliphatic carbocycles. The fraction of sp³-hybridized carbons (Fsp3) is 0.667. The van der Waals surface area contributed by atoms with Gasteiger partial charge in [0.1, 0.15) is 5.75 Å². The zero-order chi connectivity index (χ0) is 20.8. The monoisotopic (exact) mass is 413 g/mol. The van der Waals surface area contributed by atoms with Crippen LogP contribution < -0.4 is 4.74 Å². The number of carbonyl (C=O) groups is 2. The van der Waals surface area contributed by atoms with Gasteiger partial charge < -0.3 is 19.4 Å². The second-order valence-electron chi connectivity index (χ2n) is 8.90. The maximum atomic E-state index is 13.2. The van der Waals surface area contributed by atoms with Crippen LogP contribution in [-0.4, -0.2) is 78.4 Å². The Balaban J connectivity index is 1.19. The molecule has 3 fully saturated rings. The first kappa shape index (κ1) is 21.2. The van der Waals surface area contributed by atoms with Gasteiger partial charge in [-0.1, -0.05) is 18.2 Å². The molecular weight excluding hydrogens is 378 g/mol. The predicted molar refractivity (Wildman–Crippen MR) is 116 cm³/mol. The van der Waals surface area contributed by atoms with Crippen LogP contribution in [0.2, 0.25) is 0 Å². The number of hydrogen-bond acceptors (Lipinski definition) is 4. The van der Waals surface area contributed by atoms with E-state index in [1.807, 2.05) is 35.2 Å². The van der Waals surface area contributed by atoms with Gasteiger partial charge in [0, 0.05) is 38.1 Å². The highest BCUT2D eigenvalue weighted by molar-refractivity contribution is 5.80. The molecule has 0 aromatic heterocycles. The molecule has 2 amide bonds. The molecule has 3 aliphatic rings. The molecule has 0 saturated carbocycles. The van der Waals surface area contributed by atoms with Crippen molar-refractivity contribution in [1.29, 1.82) is 0 Å². The quantitative estimate of drug-likeness (QED) is 0.690. The number of rotatable bonds is 7. The van der Waals surface area contributed by atoms with Crippen LogP contribution in [0.1, 0.15) is 44.9 Å². The number of nitrogens with zero attached hydrogens (tertiary/aromatic N) is 3. The number of para-hydroxylation sites is 1. The van der Waals surface area contributed by atoms with Gasteiger partial charge in [-0.2, -0.15) is 0 Å². The minimum Gasteiger partial charge on any atom is -0.493 e. The zero-order valence-corrected chi connectivity index (χ0v) is 18.0. The minimum absolute atomic E-state index is 0.0776. The topological polar surface area (TPSA) is 53.1 Å². The van der Waals surface area contributed by atoms with Crippen LogP contribution in [0.15, 0.2) is 30.3 Å². The summed E-state index contributed by atoms with van der Waals surface area (Å²) in [6.07, 6.45) is 6.82. The van der Waals surface area contributed by atoms with E-state index in [0.29, 0.717) is 38.1 Å². The summed E-state index contributed by atoms with van der Waals surface area (Å²) in [5.74, 6) is 1.33. The summed E-state index contributed by atoms with van der Waals surface area (Å²) in [5, 5.41) is 0. The second-order valence-corrected chi connectivity index (χ2v) is 8.90. The van der Waals surface area contributed by atoms with Crippen molar-refractivity contribution in [2.45, 2.75) is 51.0 Å². The average Bonchev–Trinajstić information content (AvgIpc) is 3.47. The Bertz CT molecular complexity index is 697. The first-order valence-electron chi connectivity index (χ1n) is 11.7. The van der Waals surface area contributed by atoms with Crippen molar-refractivity contribution in [1.82, 2.24) is 14.7 Å². The molecule has 6 heteroatoms. The Kier molecular flexibility index (Phi) is 7.26. The van der Waals surface area contributed by atoms with Crippen molar-refractivity contribution in [3.63, 3.8) is 0 Å². The molecule has 164 valence electrons. The molecule has 1 atom stereocenters. The summed E-state index contributed by atoms with van der Waals surface area (Å²) < 4.78 is 5.65. The average molecular weight is 414 g/mol. The molecule has 0 radical (unpaired) electrons. The lowest BCUT2D eigenvalue weighted by molar-refractivity contribution is -0.141. The Hall–Kier alpha value is -2.08. The van der Waals surface area contributed by atoms with Gasteiger partial charge in [-0.3, -0.25) is 9.59 Å². The van der Waals surface area contributed by atoms with Crippen LogP contribution >= 0.6 is 0 Å². The van der Waals surface area contributed by atoms with Crippen LogP contribution in [0.5, 0.6) is 5.75 Å². The van der Waals surface area contributed by atoms with Gasteiger partial charge in [0.2, 0.25) is 11.8 Å². The lowest BCUT2D eigenvalue weighted by Gasteiger charge is -2.35. The number of piperidine rings is 1. The highest BCUT2D eigenvalue weighted by Gasteiger charge is 2.36. The van der Waals surface area contributed by atoms with Crippen LogP contribution in [0, 0.1) is 5.92 Å². The van der Waals surface area contributed by atoms with Crippen molar-refractivity contribution >= 4 is 11.8 Å². The normalized spacial score (nSPS) is 23.1. The molecule has 3 saturated heterocycles. The highest BCUT2D eigenvalue weighted by atomic mass is 16.5. The lowest BCUT2D eigenvalue weighted by atomic mass is 9.94. The summed E-state index contributed by atoms with van der Waals surface area (Å²) in [5.41, 5.74) is 0. The Labute approximate surface area is 180 Å². The standard InChI is InChI=1S/C24H35N3O3/c28-23(12-18-30-22-8-2-1-3-9-22)26-16-10-20(11-17-26)24(29)27-15-6-7-21(27)19-25-13-4-5-14-25/h1-3,8-9,20-21H,4-7,10-19H2. The van der Waals surface area contributed by atoms with Gasteiger partial charge in [0.05, 0.1) is 13.0 Å². The fourth-order valence-electron chi connectivity index (χ4n) is 5.12. The van der Waals surface area contributed by atoms with Crippen molar-refractivity contribution < 1.29 is 14.3 Å². The summed E-state index contributed by atoms with van der Waals surface area (Å²) in [6, 6.07) is 9.99. The molecule has 1 unspecified atom stereocenters. The van der Waals surface area contributed by atoms with Crippen LogP contribution in [0.25, 0.3) is 0 Å². The highest BCUT2D eigenvalue weighted by Crippen LogP contribution is 2.26. The third kappa shape index (κ3) is 5.34. The number of carbonyl (C=O) groups excluding carboxylic acids is 2. The van der Waals surface area contributed by atoms with Gasteiger partial charge in [0.25, 0.3) is 0 Å². The molecule has 30 heavy (non-hydrogen) atoms. The van der Waals surface area contributed by atoms with Crippen LogP contribution in [0.4, 0.5) is 0 Å². The van der Waals surface area contributed by atoms with Crippen molar-refractivity contribution in [3.05, 3.63) is 30.3 Å². The fourth-order valence-corrected chi connectivity index (χ4v) is 5.12. The number of amides is 2. The van der Waals surface area contributed by atoms with Crippen LogP contribution in [-0.2, 0) is 9.59 Å². The Morgan fingerprint density at radius 1 is 0.900 bits per heavy atom. The Morgan fingerprint density at radius 2 is 1.63 bits per heavy atom. The summed E-state index contributed by atoms with van der Waals surface area (Å²) in [4.78, 5) is 32.3. The molecular formula is C24H35N3O3. The zero-order valence-electron chi connectivity index (χ0n) is 18.0. The van der Waals surface area contributed by atoms with Crippen molar-refractivity contribution in [3.8, 4) is 5.75 Å². The van der Waals surface area contributed by atoms with E-state index in [4.69, 9.17) is 4.74 Å². The first-order chi connectivity index (χ1) is 14.7. The van der Waals surface area contributed by atoms with Gasteiger partial charge in [0.15, 0.2) is 0 Å². The van der Waals surface area contributed by atoms with E-state index in [1.165, 1.54) is 25.9 Å². The molecule has 1 aromatic carbocycles. The molecule has 0 bridgehead atoms. The summed E-state index contributed by atoms with van der Waals surface area (Å²) in [7, 11) is 0. The third-order valence-electron chi connectivity index (χ3n) is 6.85. The van der Waals surface area contributed by atoms with E-state index >= 15 is 0 Å². The maximum absolute atomic E-state index is 13.2. The molecule has 1 aromatic rings. The smallest absolute Gasteiger partial charge is 0.226 e. The lowest BCUT2D eigenvalue weighted by Crippen LogP contribution is -2.48. The van der Waals surface area contributed by atoms with Crippen molar-refractivity contribution in [2.75, 3.05) is 45.9 Å². The third-order valence-corrected chi connectivity index (χ3v) is 6.85. The minimum atomic E-state index is 0.0776. The number of benzene rings is 1. The Morgan fingerprint density at radius 3 is 2.37 bits per heavy atom.